The van der Waals surface area contributed by atoms with Crippen molar-refractivity contribution in [3.63, 3.8) is 0 Å². The first-order chi connectivity index (χ1) is 19.2. The topological polar surface area (TPSA) is 80.3 Å². The number of thiophene rings is 1. The van der Waals surface area contributed by atoms with Crippen molar-refractivity contribution in [2.45, 2.75) is 40.2 Å². The molecule has 0 radical (unpaired) electrons. The van der Waals surface area contributed by atoms with E-state index in [1.165, 1.54) is 4.88 Å². The van der Waals surface area contributed by atoms with Gasteiger partial charge in [0.05, 0.1) is 20.8 Å². The normalized spacial score (nSPS) is 10.8. The fraction of sp³-hybridized carbons (Fsp3) is 0.419. The van der Waals surface area contributed by atoms with Gasteiger partial charge in [0.2, 0.25) is 5.91 Å². The Hall–Kier alpha value is -3.56. The molecule has 0 unspecified atom stereocenters. The van der Waals surface area contributed by atoms with Crippen molar-refractivity contribution in [3.8, 4) is 11.5 Å². The zero-order valence-electron chi connectivity index (χ0n) is 24.4. The molecular weight excluding hydrogens is 526 g/mol. The van der Waals surface area contributed by atoms with Crippen LogP contribution in [0.3, 0.4) is 0 Å². The van der Waals surface area contributed by atoms with Gasteiger partial charge in [-0.25, -0.2) is 4.79 Å². The highest BCUT2D eigenvalue weighted by Crippen LogP contribution is 2.28. The van der Waals surface area contributed by atoms with E-state index < -0.39 is 0 Å². The van der Waals surface area contributed by atoms with Crippen LogP contribution in [-0.4, -0.2) is 69.3 Å². The Morgan fingerprint density at radius 3 is 2.27 bits per heavy atom. The highest BCUT2D eigenvalue weighted by atomic mass is 32.1. The van der Waals surface area contributed by atoms with Gasteiger partial charge in [0.1, 0.15) is 6.54 Å². The minimum atomic E-state index is -0.306. The van der Waals surface area contributed by atoms with Crippen LogP contribution in [0.2, 0.25) is 0 Å². The van der Waals surface area contributed by atoms with Gasteiger partial charge in [0.25, 0.3) is 0 Å². The fourth-order valence-electron chi connectivity index (χ4n) is 4.29. The lowest BCUT2D eigenvalue weighted by atomic mass is 10.1. The van der Waals surface area contributed by atoms with Gasteiger partial charge >= 0.3 is 6.03 Å². The predicted octanol–water partition coefficient (Wildman–Crippen LogP) is 5.83. The van der Waals surface area contributed by atoms with Crippen molar-refractivity contribution in [2.75, 3.05) is 52.9 Å². The molecule has 8 nitrogen and oxygen atoms in total. The van der Waals surface area contributed by atoms with Gasteiger partial charge in [-0.15, -0.1) is 11.3 Å². The maximum atomic E-state index is 13.7. The average Bonchev–Trinajstić information content (AvgIpc) is 3.36. The van der Waals surface area contributed by atoms with Gasteiger partial charge in [-0.05, 0) is 86.7 Å². The van der Waals surface area contributed by atoms with Crippen molar-refractivity contribution in [1.29, 1.82) is 0 Å². The number of hydrogen-bond donors (Lipinski definition) is 1. The van der Waals surface area contributed by atoms with Crippen LogP contribution in [-0.2, 0) is 22.5 Å². The standard InChI is InChI=1S/C31H41N3O5S/c1-22-8-11-26(18-23(22)2)32-31(36)34(15-7-17-37-4)21-30(35)33(20-27-12-9-24(3)40-27)16-14-25-10-13-28(38-5)29(19-25)39-6/h8-13,18-19H,7,14-17,20-21H2,1-6H3,(H,32,36). The van der Waals surface area contributed by atoms with Gasteiger partial charge in [-0.2, -0.15) is 0 Å². The molecule has 3 aromatic rings. The highest BCUT2D eigenvalue weighted by Gasteiger charge is 2.22. The summed E-state index contributed by atoms with van der Waals surface area (Å²) in [5, 5.41) is 2.97. The number of ether oxygens (including phenoxy) is 3. The maximum Gasteiger partial charge on any atom is 0.322 e. The first kappa shape index (κ1) is 31.0. The lowest BCUT2D eigenvalue weighted by molar-refractivity contribution is -0.132. The maximum absolute atomic E-state index is 13.7. The fourth-order valence-corrected chi connectivity index (χ4v) is 5.19. The largest absolute Gasteiger partial charge is 0.493 e. The predicted molar refractivity (Wildman–Crippen MR) is 161 cm³/mol. The van der Waals surface area contributed by atoms with Crippen LogP contribution in [0.4, 0.5) is 10.5 Å². The number of benzene rings is 2. The number of nitrogens with zero attached hydrogens (tertiary/aromatic N) is 2. The molecule has 1 N–H and O–H groups in total. The average molecular weight is 568 g/mol. The molecule has 3 amide bonds. The first-order valence-corrected chi connectivity index (χ1v) is 14.2. The lowest BCUT2D eigenvalue weighted by Crippen LogP contribution is -2.45. The summed E-state index contributed by atoms with van der Waals surface area (Å²) in [6.45, 7) is 7.94. The molecule has 0 bridgehead atoms. The summed E-state index contributed by atoms with van der Waals surface area (Å²) in [5.41, 5.74) is 3.98. The molecule has 2 aromatic carbocycles. The number of amides is 3. The third-order valence-corrected chi connectivity index (χ3v) is 7.75. The SMILES string of the molecule is COCCCN(CC(=O)N(CCc1ccc(OC)c(OC)c1)Cc1ccc(C)s1)C(=O)Nc1ccc(C)c(C)c1. The number of carbonyl (C=O) groups is 2. The monoisotopic (exact) mass is 567 g/mol. The Bertz CT molecular complexity index is 1280. The Morgan fingerprint density at radius 2 is 1.62 bits per heavy atom. The Balaban J connectivity index is 1.77. The summed E-state index contributed by atoms with van der Waals surface area (Å²) >= 11 is 1.67. The number of aryl methyl sites for hydroxylation is 3. The molecule has 1 aromatic heterocycles. The minimum Gasteiger partial charge on any atom is -0.493 e. The van der Waals surface area contributed by atoms with E-state index >= 15 is 0 Å². The van der Waals surface area contributed by atoms with E-state index in [2.05, 4.69) is 24.4 Å². The number of rotatable bonds is 14. The number of nitrogens with one attached hydrogen (secondary N) is 1. The summed E-state index contributed by atoms with van der Waals surface area (Å²) in [6.07, 6.45) is 1.26. The number of anilines is 1. The summed E-state index contributed by atoms with van der Waals surface area (Å²) in [6, 6.07) is 15.4. The van der Waals surface area contributed by atoms with Crippen LogP contribution < -0.4 is 14.8 Å². The van der Waals surface area contributed by atoms with Crippen molar-refractivity contribution in [2.24, 2.45) is 0 Å². The Kier molecular flexibility index (Phi) is 11.8. The second-order valence-corrected chi connectivity index (χ2v) is 11.1. The van der Waals surface area contributed by atoms with Crippen LogP contribution in [0, 0.1) is 20.8 Å². The molecule has 3 rings (SSSR count). The molecule has 9 heteroatoms. The lowest BCUT2D eigenvalue weighted by Gasteiger charge is -2.28. The second-order valence-electron chi connectivity index (χ2n) is 9.76. The number of carbonyl (C=O) groups excluding carboxylic acids is 2. The van der Waals surface area contributed by atoms with E-state index in [0.717, 1.165) is 21.6 Å². The van der Waals surface area contributed by atoms with Crippen molar-refractivity contribution in [1.82, 2.24) is 9.80 Å². The first-order valence-electron chi connectivity index (χ1n) is 13.4. The van der Waals surface area contributed by atoms with Crippen LogP contribution in [0.15, 0.2) is 48.5 Å². The van der Waals surface area contributed by atoms with Crippen LogP contribution in [0.5, 0.6) is 11.5 Å². The second kappa shape index (κ2) is 15.3. The third-order valence-electron chi connectivity index (χ3n) is 6.76. The molecule has 1 heterocycles. The van der Waals surface area contributed by atoms with E-state index in [1.807, 2.05) is 55.1 Å². The molecule has 0 aliphatic heterocycles. The molecule has 0 fully saturated rings. The van der Waals surface area contributed by atoms with Gasteiger partial charge in [-0.3, -0.25) is 4.79 Å². The molecule has 40 heavy (non-hydrogen) atoms. The molecule has 0 aliphatic carbocycles. The van der Waals surface area contributed by atoms with Gasteiger partial charge < -0.3 is 29.3 Å². The summed E-state index contributed by atoms with van der Waals surface area (Å²) in [5.74, 6) is 1.20. The third kappa shape index (κ3) is 8.99. The highest BCUT2D eigenvalue weighted by molar-refractivity contribution is 7.11. The smallest absolute Gasteiger partial charge is 0.322 e. The molecule has 0 atom stereocenters. The molecule has 0 saturated carbocycles. The summed E-state index contributed by atoms with van der Waals surface area (Å²) in [4.78, 5) is 32.7. The van der Waals surface area contributed by atoms with E-state index in [0.29, 0.717) is 56.3 Å². The molecule has 0 spiro atoms. The number of methoxy groups -OCH3 is 3. The van der Waals surface area contributed by atoms with Crippen LogP contribution in [0.25, 0.3) is 0 Å². The van der Waals surface area contributed by atoms with Gasteiger partial charge in [0, 0.05) is 42.2 Å². The minimum absolute atomic E-state index is 0.0311. The van der Waals surface area contributed by atoms with Crippen molar-refractivity contribution < 1.29 is 23.8 Å². The van der Waals surface area contributed by atoms with Crippen LogP contribution in [0.1, 0.15) is 32.9 Å². The van der Waals surface area contributed by atoms with E-state index in [-0.39, 0.29) is 18.5 Å². The van der Waals surface area contributed by atoms with E-state index in [1.54, 1.807) is 37.6 Å². The van der Waals surface area contributed by atoms with E-state index in [9.17, 15) is 9.59 Å². The van der Waals surface area contributed by atoms with Crippen molar-refractivity contribution >= 4 is 29.0 Å². The molecular formula is C31H41N3O5S. The zero-order valence-corrected chi connectivity index (χ0v) is 25.2. The summed E-state index contributed by atoms with van der Waals surface area (Å²) in [7, 11) is 4.84. The van der Waals surface area contributed by atoms with E-state index in [4.69, 9.17) is 14.2 Å². The summed E-state index contributed by atoms with van der Waals surface area (Å²) < 4.78 is 16.0. The number of urea groups is 1. The molecule has 0 aliphatic rings. The Labute approximate surface area is 241 Å². The number of hydrogen-bond acceptors (Lipinski definition) is 6. The quantitative estimate of drug-likeness (QED) is 0.248. The Morgan fingerprint density at radius 1 is 0.850 bits per heavy atom. The van der Waals surface area contributed by atoms with Crippen LogP contribution >= 0.6 is 11.3 Å². The van der Waals surface area contributed by atoms with Crippen molar-refractivity contribution in [3.05, 3.63) is 75.0 Å². The molecule has 0 saturated heterocycles. The van der Waals surface area contributed by atoms with Gasteiger partial charge in [0.15, 0.2) is 11.5 Å². The van der Waals surface area contributed by atoms with Gasteiger partial charge in [-0.1, -0.05) is 12.1 Å². The molecule has 216 valence electrons. The zero-order chi connectivity index (χ0) is 29.1.